The summed E-state index contributed by atoms with van der Waals surface area (Å²) < 4.78 is 7.06. The molecule has 0 fully saturated rings. The molecule has 0 aromatic heterocycles. The van der Waals surface area contributed by atoms with Gasteiger partial charge in [-0.25, -0.2) is 0 Å². The van der Waals surface area contributed by atoms with Crippen molar-refractivity contribution in [3.63, 3.8) is 0 Å². The predicted octanol–water partition coefficient (Wildman–Crippen LogP) is 2.20. The van der Waals surface area contributed by atoms with Crippen molar-refractivity contribution in [1.82, 2.24) is 0 Å². The minimum absolute atomic E-state index is 0.0667. The van der Waals surface area contributed by atoms with Gasteiger partial charge in [-0.1, -0.05) is 22.6 Å². The van der Waals surface area contributed by atoms with Gasteiger partial charge in [0.2, 0.25) is 0 Å². The molecule has 0 amide bonds. The summed E-state index contributed by atoms with van der Waals surface area (Å²) in [6.07, 6.45) is 0. The van der Waals surface area contributed by atoms with Crippen molar-refractivity contribution >= 4 is 102 Å². The number of benzene rings is 1. The third-order valence-corrected chi connectivity index (χ3v) is 6.08. The van der Waals surface area contributed by atoms with E-state index in [1.807, 2.05) is 90.4 Å². The van der Waals surface area contributed by atoms with Gasteiger partial charge in [-0.05, 0) is 73.8 Å². The first-order valence-electron chi connectivity index (χ1n) is 4.04. The molecular weight excluding hydrogens is 680 g/mol. The van der Waals surface area contributed by atoms with Crippen molar-refractivity contribution in [1.29, 1.82) is 0 Å². The van der Waals surface area contributed by atoms with Gasteiger partial charge in [0, 0.05) is 7.14 Å². The summed E-state index contributed by atoms with van der Waals surface area (Å²) in [4.78, 5) is 22.4. The number of aromatic carboxylic acids is 1. The van der Waals surface area contributed by atoms with Crippen LogP contribution < -0.4 is 9.84 Å². The maximum Gasteiger partial charge on any atom is 0.321 e. The van der Waals surface area contributed by atoms with Gasteiger partial charge in [-0.15, -0.1) is 0 Å². The molecule has 0 aliphatic rings. The number of hydrogen-bond donors (Lipinski definition) is 0. The molecule has 0 spiro atoms. The Morgan fingerprint density at radius 2 is 1.82 bits per heavy atom. The standard InChI is InChI=1S/C9H4I4O4/c10-2-5(14)17-8-4(12)1-3(11)7(13)6(8)9(15)16/h1H,2H2,(H,15,16)/p-1. The fraction of sp³-hybridized carbons (Fsp3) is 0.111. The number of carboxylic acids is 1. The Balaban J connectivity index is 3.41. The lowest BCUT2D eigenvalue weighted by molar-refractivity contribution is -0.255. The highest BCUT2D eigenvalue weighted by molar-refractivity contribution is 14.1. The van der Waals surface area contributed by atoms with E-state index < -0.39 is 11.9 Å². The minimum atomic E-state index is -1.35. The van der Waals surface area contributed by atoms with Crippen LogP contribution >= 0.6 is 90.4 Å². The van der Waals surface area contributed by atoms with Crippen molar-refractivity contribution in [2.24, 2.45) is 0 Å². The molecule has 0 atom stereocenters. The summed E-state index contributed by atoms with van der Waals surface area (Å²) in [5.41, 5.74) is -0.0694. The largest absolute Gasteiger partial charge is 0.545 e. The van der Waals surface area contributed by atoms with Crippen LogP contribution in [0.2, 0.25) is 0 Å². The SMILES string of the molecule is O=C(CI)Oc1c(I)cc(I)c(I)c1C(=O)[O-]. The molecule has 4 nitrogen and oxygen atoms in total. The summed E-state index contributed by atoms with van der Waals surface area (Å²) in [6, 6.07) is 1.76. The summed E-state index contributed by atoms with van der Waals surface area (Å²) >= 11 is 7.71. The van der Waals surface area contributed by atoms with Gasteiger partial charge in [0.1, 0.15) is 0 Å². The fourth-order valence-electron chi connectivity index (χ4n) is 1.00. The summed E-state index contributed by atoms with van der Waals surface area (Å²) in [7, 11) is 0. The first-order chi connectivity index (χ1) is 7.88. The molecule has 0 N–H and O–H groups in total. The van der Waals surface area contributed by atoms with E-state index in [0.717, 1.165) is 3.57 Å². The Hall–Kier alpha value is 1.08. The van der Waals surface area contributed by atoms with E-state index in [0.29, 0.717) is 7.14 Å². The Morgan fingerprint density at radius 3 is 2.29 bits per heavy atom. The highest BCUT2D eigenvalue weighted by Crippen LogP contribution is 2.33. The molecule has 17 heavy (non-hydrogen) atoms. The lowest BCUT2D eigenvalue weighted by atomic mass is 10.2. The number of halogens is 4. The molecule has 8 heteroatoms. The quantitative estimate of drug-likeness (QED) is 0.161. The van der Waals surface area contributed by atoms with Crippen LogP contribution in [0.4, 0.5) is 0 Å². The second kappa shape index (κ2) is 7.02. The maximum atomic E-state index is 11.3. The molecule has 0 aliphatic heterocycles. The Morgan fingerprint density at radius 1 is 1.24 bits per heavy atom. The lowest BCUT2D eigenvalue weighted by Crippen LogP contribution is -2.26. The molecule has 1 aromatic rings. The predicted molar refractivity (Wildman–Crippen MR) is 93.4 cm³/mol. The molecule has 1 rings (SSSR count). The Kier molecular flexibility index (Phi) is 6.66. The van der Waals surface area contributed by atoms with Gasteiger partial charge in [0.15, 0.2) is 5.75 Å². The summed E-state index contributed by atoms with van der Waals surface area (Å²) in [5.74, 6) is -1.76. The van der Waals surface area contributed by atoms with Crippen LogP contribution in [-0.4, -0.2) is 16.4 Å². The molecule has 0 aliphatic carbocycles. The molecule has 0 unspecified atom stereocenters. The van der Waals surface area contributed by atoms with E-state index in [9.17, 15) is 14.7 Å². The first-order valence-corrected chi connectivity index (χ1v) is 8.80. The number of esters is 1. The molecular formula is C9H3I4O4-. The Labute approximate surface area is 152 Å². The smallest absolute Gasteiger partial charge is 0.321 e. The number of carboxylic acid groups (broad SMARTS) is 1. The van der Waals surface area contributed by atoms with Crippen LogP contribution in [0.5, 0.6) is 5.75 Å². The molecule has 1 aromatic carbocycles. The second-order valence-electron chi connectivity index (χ2n) is 2.75. The van der Waals surface area contributed by atoms with E-state index in [4.69, 9.17) is 4.74 Å². The van der Waals surface area contributed by atoms with Crippen LogP contribution in [0.1, 0.15) is 10.4 Å². The second-order valence-corrected chi connectivity index (χ2v) is 6.92. The van der Waals surface area contributed by atoms with Crippen molar-refractivity contribution < 1.29 is 19.4 Å². The zero-order valence-corrected chi connectivity index (χ0v) is 16.6. The van der Waals surface area contributed by atoms with Crippen molar-refractivity contribution in [3.05, 3.63) is 22.3 Å². The van der Waals surface area contributed by atoms with Crippen LogP contribution in [0.3, 0.4) is 0 Å². The van der Waals surface area contributed by atoms with E-state index >= 15 is 0 Å². The van der Waals surface area contributed by atoms with E-state index in [2.05, 4.69) is 0 Å². The average Bonchev–Trinajstić information content (AvgIpc) is 2.25. The van der Waals surface area contributed by atoms with Crippen LogP contribution in [0, 0.1) is 10.7 Å². The molecule has 0 radical (unpaired) electrons. The van der Waals surface area contributed by atoms with Gasteiger partial charge in [0.25, 0.3) is 0 Å². The Bertz CT molecular complexity index is 486. The lowest BCUT2D eigenvalue weighted by Gasteiger charge is -2.15. The molecule has 0 saturated carbocycles. The third-order valence-electron chi connectivity index (χ3n) is 1.66. The topological polar surface area (TPSA) is 66.4 Å². The molecule has 0 bridgehead atoms. The van der Waals surface area contributed by atoms with Gasteiger partial charge in [-0.2, -0.15) is 0 Å². The zero-order valence-electron chi connectivity index (χ0n) is 7.93. The number of ether oxygens (including phenoxy) is 1. The van der Waals surface area contributed by atoms with E-state index in [1.165, 1.54) is 0 Å². The van der Waals surface area contributed by atoms with Gasteiger partial charge in [0.05, 0.1) is 19.5 Å². The van der Waals surface area contributed by atoms with Gasteiger partial charge in [-0.3, -0.25) is 4.79 Å². The molecule has 0 saturated heterocycles. The number of carbonyl (C=O) groups excluding carboxylic acids is 2. The average molecular weight is 683 g/mol. The monoisotopic (exact) mass is 683 g/mol. The van der Waals surface area contributed by atoms with Crippen LogP contribution in [0.25, 0.3) is 0 Å². The normalized spacial score (nSPS) is 10.1. The van der Waals surface area contributed by atoms with Crippen LogP contribution in [0.15, 0.2) is 6.07 Å². The summed E-state index contributed by atoms with van der Waals surface area (Å²) in [6.45, 7) is 0. The van der Waals surface area contributed by atoms with E-state index in [-0.39, 0.29) is 15.7 Å². The van der Waals surface area contributed by atoms with Crippen molar-refractivity contribution in [3.8, 4) is 5.75 Å². The van der Waals surface area contributed by atoms with Gasteiger partial charge >= 0.3 is 5.97 Å². The third kappa shape index (κ3) is 4.02. The van der Waals surface area contributed by atoms with Crippen molar-refractivity contribution in [2.75, 3.05) is 4.43 Å². The first kappa shape index (κ1) is 16.1. The number of alkyl halides is 1. The molecule has 0 heterocycles. The zero-order chi connectivity index (χ0) is 13.2. The highest BCUT2D eigenvalue weighted by atomic mass is 127. The van der Waals surface area contributed by atoms with Crippen LogP contribution in [-0.2, 0) is 4.79 Å². The summed E-state index contributed by atoms with van der Waals surface area (Å²) in [5, 5.41) is 11.1. The number of carbonyl (C=O) groups is 2. The van der Waals surface area contributed by atoms with E-state index in [1.54, 1.807) is 6.07 Å². The number of hydrogen-bond acceptors (Lipinski definition) is 4. The number of rotatable bonds is 3. The maximum absolute atomic E-state index is 11.3. The highest BCUT2D eigenvalue weighted by Gasteiger charge is 2.18. The van der Waals surface area contributed by atoms with Gasteiger partial charge < -0.3 is 14.6 Å². The minimum Gasteiger partial charge on any atom is -0.545 e. The molecule has 92 valence electrons. The van der Waals surface area contributed by atoms with Crippen molar-refractivity contribution in [2.45, 2.75) is 0 Å². The fourth-order valence-corrected chi connectivity index (χ4v) is 3.65.